The van der Waals surface area contributed by atoms with Gasteiger partial charge in [0, 0.05) is 13.2 Å². The molecule has 27 heavy (non-hydrogen) atoms. The summed E-state index contributed by atoms with van der Waals surface area (Å²) in [6, 6.07) is 0. The third-order valence-corrected chi connectivity index (χ3v) is 5.80. The van der Waals surface area contributed by atoms with Gasteiger partial charge >= 0.3 is 0 Å². The molecule has 3 nitrogen and oxygen atoms in total. The molecule has 0 unspecified atom stereocenters. The molecule has 156 valence electrons. The molecule has 2 aliphatic rings. The molecule has 0 aromatic heterocycles. The molecule has 0 aromatic carbocycles. The van der Waals surface area contributed by atoms with Crippen LogP contribution >= 0.6 is 0 Å². The van der Waals surface area contributed by atoms with Gasteiger partial charge in [0.2, 0.25) is 0 Å². The van der Waals surface area contributed by atoms with Crippen LogP contribution in [0.2, 0.25) is 0 Å². The van der Waals surface area contributed by atoms with Gasteiger partial charge in [-0.25, -0.2) is 0 Å². The lowest BCUT2D eigenvalue weighted by Crippen LogP contribution is -2.21. The van der Waals surface area contributed by atoms with E-state index in [0.29, 0.717) is 12.2 Å². The molecule has 2 rings (SSSR count). The van der Waals surface area contributed by atoms with Gasteiger partial charge in [-0.15, -0.1) is 0 Å². The van der Waals surface area contributed by atoms with Crippen LogP contribution in [0.15, 0.2) is 24.3 Å². The average Bonchev–Trinajstić information content (AvgIpc) is 2.71. The van der Waals surface area contributed by atoms with Gasteiger partial charge in [0.25, 0.3) is 0 Å². The van der Waals surface area contributed by atoms with Gasteiger partial charge < -0.3 is 14.2 Å². The summed E-state index contributed by atoms with van der Waals surface area (Å²) >= 11 is 0. The van der Waals surface area contributed by atoms with Crippen molar-refractivity contribution in [2.24, 2.45) is 11.8 Å². The lowest BCUT2D eigenvalue weighted by atomic mass is 9.87. The summed E-state index contributed by atoms with van der Waals surface area (Å²) in [5.74, 6) is 1.44. The van der Waals surface area contributed by atoms with E-state index >= 15 is 0 Å². The van der Waals surface area contributed by atoms with Crippen molar-refractivity contribution in [1.82, 2.24) is 0 Å². The van der Waals surface area contributed by atoms with E-state index in [9.17, 15) is 0 Å². The molecule has 2 aliphatic carbocycles. The third kappa shape index (κ3) is 9.91. The zero-order chi connectivity index (χ0) is 19.2. The second-order valence-electron chi connectivity index (χ2n) is 8.21. The van der Waals surface area contributed by atoms with Crippen LogP contribution in [-0.4, -0.2) is 38.6 Å². The molecule has 0 aliphatic heterocycles. The number of rotatable bonds is 12. The maximum atomic E-state index is 5.86. The van der Waals surface area contributed by atoms with Crippen molar-refractivity contribution in [3.63, 3.8) is 0 Å². The first kappa shape index (κ1) is 22.6. The molecule has 2 saturated carbocycles. The zero-order valence-corrected chi connectivity index (χ0v) is 17.7. The Labute approximate surface area is 167 Å². The highest BCUT2D eigenvalue weighted by Gasteiger charge is 2.20. The van der Waals surface area contributed by atoms with E-state index in [1.807, 2.05) is 0 Å². The maximum absolute atomic E-state index is 5.86. The first-order chi connectivity index (χ1) is 13.3. The van der Waals surface area contributed by atoms with Crippen molar-refractivity contribution in [3.8, 4) is 0 Å². The molecule has 0 atom stereocenters. The van der Waals surface area contributed by atoms with Crippen LogP contribution in [0, 0.1) is 11.8 Å². The lowest BCUT2D eigenvalue weighted by Gasteiger charge is -2.26. The molecular weight excluding hydrogens is 336 g/mol. The van der Waals surface area contributed by atoms with Gasteiger partial charge in [-0.05, 0) is 76.0 Å². The van der Waals surface area contributed by atoms with Crippen molar-refractivity contribution < 1.29 is 14.2 Å². The third-order valence-electron chi connectivity index (χ3n) is 5.80. The Morgan fingerprint density at radius 1 is 0.630 bits per heavy atom. The Balaban J connectivity index is 1.46. The van der Waals surface area contributed by atoms with Gasteiger partial charge in [-0.3, -0.25) is 0 Å². The molecule has 0 aromatic rings. The Kier molecular flexibility index (Phi) is 12.1. The van der Waals surface area contributed by atoms with Gasteiger partial charge in [-0.1, -0.05) is 38.2 Å². The van der Waals surface area contributed by atoms with Crippen LogP contribution in [0.3, 0.4) is 0 Å². The van der Waals surface area contributed by atoms with Crippen LogP contribution in [0.1, 0.15) is 78.1 Å². The van der Waals surface area contributed by atoms with Crippen molar-refractivity contribution in [2.45, 2.75) is 90.3 Å². The largest absolute Gasteiger partial charge is 0.378 e. The molecule has 0 radical (unpaired) electrons. The fraction of sp³-hybridized carbons (Fsp3) is 0.833. The quantitative estimate of drug-likeness (QED) is 0.304. The minimum Gasteiger partial charge on any atom is -0.378 e. The van der Waals surface area contributed by atoms with Gasteiger partial charge in [0.1, 0.15) is 0 Å². The summed E-state index contributed by atoms with van der Waals surface area (Å²) in [6.45, 7) is 7.65. The van der Waals surface area contributed by atoms with E-state index in [4.69, 9.17) is 14.2 Å². The standard InChI is InChI=1S/C24H42O3/c1-3-17-26-23-13-9-21(10-14-23)7-5-19-25-20-6-8-22-11-15-24(16-12-22)27-18-4-2/h5-8,21-24H,3-4,9-20H2,1-2H3. The van der Waals surface area contributed by atoms with E-state index < -0.39 is 0 Å². The van der Waals surface area contributed by atoms with Crippen LogP contribution in [0.25, 0.3) is 0 Å². The number of ether oxygens (including phenoxy) is 3. The molecule has 0 saturated heterocycles. The Morgan fingerprint density at radius 3 is 1.41 bits per heavy atom. The fourth-order valence-corrected chi connectivity index (χ4v) is 4.16. The Bertz CT molecular complexity index is 364. The summed E-state index contributed by atoms with van der Waals surface area (Å²) in [5, 5.41) is 0. The monoisotopic (exact) mass is 378 g/mol. The summed E-state index contributed by atoms with van der Waals surface area (Å²) in [4.78, 5) is 0. The maximum Gasteiger partial charge on any atom is 0.0651 e. The Hall–Kier alpha value is -0.640. The predicted molar refractivity (Wildman–Crippen MR) is 113 cm³/mol. The van der Waals surface area contributed by atoms with Crippen molar-refractivity contribution in [2.75, 3.05) is 26.4 Å². The number of hydrogen-bond acceptors (Lipinski definition) is 3. The molecule has 2 fully saturated rings. The van der Waals surface area contributed by atoms with E-state index in [-0.39, 0.29) is 0 Å². The molecule has 0 spiro atoms. The minimum atomic E-state index is 0.504. The first-order valence-corrected chi connectivity index (χ1v) is 11.5. The Morgan fingerprint density at radius 2 is 1.04 bits per heavy atom. The second-order valence-corrected chi connectivity index (χ2v) is 8.21. The highest BCUT2D eigenvalue weighted by molar-refractivity contribution is 4.93. The molecule has 3 heteroatoms. The fourth-order valence-electron chi connectivity index (χ4n) is 4.16. The van der Waals surface area contributed by atoms with Gasteiger partial charge in [0.05, 0.1) is 25.4 Å². The van der Waals surface area contributed by atoms with Gasteiger partial charge in [-0.2, -0.15) is 0 Å². The second kappa shape index (κ2) is 14.4. The van der Waals surface area contributed by atoms with Crippen LogP contribution in [0.5, 0.6) is 0 Å². The highest BCUT2D eigenvalue weighted by atomic mass is 16.5. The minimum absolute atomic E-state index is 0.504. The SMILES string of the molecule is CCCOC1CCC(C=CCOCC=CC2CCC(OCCC)CC2)CC1. The van der Waals surface area contributed by atoms with E-state index in [1.54, 1.807) is 0 Å². The number of hydrogen-bond donors (Lipinski definition) is 0. The lowest BCUT2D eigenvalue weighted by molar-refractivity contribution is 0.0226. The van der Waals surface area contributed by atoms with E-state index in [2.05, 4.69) is 38.2 Å². The average molecular weight is 379 g/mol. The molecule has 0 heterocycles. The summed E-state index contributed by atoms with van der Waals surface area (Å²) in [6.07, 6.45) is 22.3. The van der Waals surface area contributed by atoms with Crippen LogP contribution in [0.4, 0.5) is 0 Å². The predicted octanol–water partition coefficient (Wildman–Crippen LogP) is 6.09. The normalized spacial score (nSPS) is 29.7. The topological polar surface area (TPSA) is 27.7 Å². The molecule has 0 amide bonds. The van der Waals surface area contributed by atoms with Crippen LogP contribution in [-0.2, 0) is 14.2 Å². The highest BCUT2D eigenvalue weighted by Crippen LogP contribution is 2.28. The number of allylic oxidation sites excluding steroid dienone is 2. The van der Waals surface area contributed by atoms with Crippen LogP contribution < -0.4 is 0 Å². The summed E-state index contributed by atoms with van der Waals surface area (Å²) < 4.78 is 17.5. The van der Waals surface area contributed by atoms with Crippen molar-refractivity contribution in [3.05, 3.63) is 24.3 Å². The zero-order valence-electron chi connectivity index (χ0n) is 17.7. The smallest absolute Gasteiger partial charge is 0.0651 e. The summed E-state index contributed by atoms with van der Waals surface area (Å²) in [5.41, 5.74) is 0. The first-order valence-electron chi connectivity index (χ1n) is 11.5. The van der Waals surface area contributed by atoms with E-state index in [0.717, 1.165) is 51.1 Å². The van der Waals surface area contributed by atoms with Gasteiger partial charge in [0.15, 0.2) is 0 Å². The van der Waals surface area contributed by atoms with E-state index in [1.165, 1.54) is 51.4 Å². The molecule has 0 N–H and O–H groups in total. The van der Waals surface area contributed by atoms with Crippen molar-refractivity contribution in [1.29, 1.82) is 0 Å². The molecule has 0 bridgehead atoms. The molecular formula is C24H42O3. The van der Waals surface area contributed by atoms with Crippen molar-refractivity contribution >= 4 is 0 Å². The summed E-state index contributed by atoms with van der Waals surface area (Å²) in [7, 11) is 0.